The van der Waals surface area contributed by atoms with Crippen molar-refractivity contribution in [1.29, 1.82) is 0 Å². The van der Waals surface area contributed by atoms with Crippen LogP contribution in [0.5, 0.6) is 0 Å². The summed E-state index contributed by atoms with van der Waals surface area (Å²) in [7, 11) is 1.47. The summed E-state index contributed by atoms with van der Waals surface area (Å²) in [5.41, 5.74) is 0. The highest BCUT2D eigenvalue weighted by Crippen LogP contribution is 2.26. The van der Waals surface area contributed by atoms with Crippen molar-refractivity contribution >= 4 is 5.97 Å². The second kappa shape index (κ2) is 7.70. The van der Waals surface area contributed by atoms with E-state index in [-0.39, 0.29) is 11.9 Å². The van der Waals surface area contributed by atoms with Crippen LogP contribution in [0.2, 0.25) is 0 Å². The molecule has 0 spiro atoms. The zero-order valence-electron chi connectivity index (χ0n) is 11.5. The second-order valence-electron chi connectivity index (χ2n) is 5.52. The van der Waals surface area contributed by atoms with Gasteiger partial charge in [-0.1, -0.05) is 39.5 Å². The average molecular weight is 241 g/mol. The van der Waals surface area contributed by atoms with Crippen molar-refractivity contribution in [2.45, 2.75) is 46.0 Å². The summed E-state index contributed by atoms with van der Waals surface area (Å²) in [5, 5.41) is 3.41. The minimum Gasteiger partial charge on any atom is -0.469 e. The number of ether oxygens (including phenoxy) is 1. The maximum absolute atomic E-state index is 11.5. The molecule has 1 aliphatic carbocycles. The summed E-state index contributed by atoms with van der Waals surface area (Å²) in [4.78, 5) is 11.5. The van der Waals surface area contributed by atoms with E-state index in [2.05, 4.69) is 19.2 Å². The summed E-state index contributed by atoms with van der Waals surface area (Å²) in [6.45, 7) is 5.92. The highest BCUT2D eigenvalue weighted by molar-refractivity contribution is 5.72. The molecule has 3 heteroatoms. The summed E-state index contributed by atoms with van der Waals surface area (Å²) in [5.74, 6) is 1.15. The predicted octanol–water partition coefficient (Wildman–Crippen LogP) is 2.60. The molecule has 1 unspecified atom stereocenters. The average Bonchev–Trinajstić information content (AvgIpc) is 2.80. The number of hydrogen-bond donors (Lipinski definition) is 1. The number of carbonyl (C=O) groups is 1. The van der Waals surface area contributed by atoms with E-state index < -0.39 is 0 Å². The van der Waals surface area contributed by atoms with Crippen LogP contribution in [0.15, 0.2) is 0 Å². The number of esters is 1. The Kier molecular flexibility index (Phi) is 6.56. The highest BCUT2D eigenvalue weighted by atomic mass is 16.5. The number of rotatable bonds is 7. The first kappa shape index (κ1) is 14.5. The van der Waals surface area contributed by atoms with Crippen molar-refractivity contribution in [3.8, 4) is 0 Å². The SMILES string of the molecule is COC(=O)C(CNCCC1CCCC1)C(C)C. The van der Waals surface area contributed by atoms with E-state index in [0.717, 1.165) is 19.0 Å². The van der Waals surface area contributed by atoms with Crippen LogP contribution < -0.4 is 5.32 Å². The van der Waals surface area contributed by atoms with Crippen molar-refractivity contribution in [1.82, 2.24) is 5.32 Å². The largest absolute Gasteiger partial charge is 0.469 e. The normalized spacial score (nSPS) is 18.6. The van der Waals surface area contributed by atoms with Gasteiger partial charge in [0, 0.05) is 6.54 Å². The van der Waals surface area contributed by atoms with Crippen molar-refractivity contribution < 1.29 is 9.53 Å². The summed E-state index contributed by atoms with van der Waals surface area (Å²) >= 11 is 0. The van der Waals surface area contributed by atoms with Gasteiger partial charge in [0.05, 0.1) is 13.0 Å². The number of carbonyl (C=O) groups excluding carboxylic acids is 1. The fourth-order valence-corrected chi connectivity index (χ4v) is 2.61. The van der Waals surface area contributed by atoms with Gasteiger partial charge in [-0.05, 0) is 24.8 Å². The van der Waals surface area contributed by atoms with E-state index in [1.54, 1.807) is 0 Å². The lowest BCUT2D eigenvalue weighted by molar-refractivity contribution is -0.146. The molecule has 0 aromatic rings. The van der Waals surface area contributed by atoms with Gasteiger partial charge in [0.25, 0.3) is 0 Å². The quantitative estimate of drug-likeness (QED) is 0.550. The Labute approximate surface area is 105 Å². The van der Waals surface area contributed by atoms with Crippen LogP contribution in [-0.2, 0) is 9.53 Å². The molecule has 0 aromatic heterocycles. The van der Waals surface area contributed by atoms with Crippen LogP contribution in [0.3, 0.4) is 0 Å². The van der Waals surface area contributed by atoms with Gasteiger partial charge in [-0.2, -0.15) is 0 Å². The Morgan fingerprint density at radius 1 is 1.35 bits per heavy atom. The first-order chi connectivity index (χ1) is 8.15. The summed E-state index contributed by atoms with van der Waals surface area (Å²) in [6, 6.07) is 0. The molecule has 1 rings (SSSR count). The number of hydrogen-bond acceptors (Lipinski definition) is 3. The second-order valence-corrected chi connectivity index (χ2v) is 5.52. The van der Waals surface area contributed by atoms with E-state index in [1.165, 1.54) is 39.2 Å². The summed E-state index contributed by atoms with van der Waals surface area (Å²) in [6.07, 6.45) is 6.85. The standard InChI is InChI=1S/C14H27NO2/c1-11(2)13(14(16)17-3)10-15-9-8-12-6-4-5-7-12/h11-13,15H,4-10H2,1-3H3. The van der Waals surface area contributed by atoms with E-state index in [4.69, 9.17) is 4.74 Å². The van der Waals surface area contributed by atoms with Crippen LogP contribution in [-0.4, -0.2) is 26.2 Å². The zero-order chi connectivity index (χ0) is 12.7. The lowest BCUT2D eigenvalue weighted by atomic mass is 9.95. The van der Waals surface area contributed by atoms with E-state index in [1.807, 2.05) is 0 Å². The fourth-order valence-electron chi connectivity index (χ4n) is 2.61. The van der Waals surface area contributed by atoms with Crippen molar-refractivity contribution in [3.63, 3.8) is 0 Å². The molecule has 1 fully saturated rings. The smallest absolute Gasteiger partial charge is 0.310 e. The third-order valence-electron chi connectivity index (χ3n) is 3.88. The maximum atomic E-state index is 11.5. The van der Waals surface area contributed by atoms with Gasteiger partial charge >= 0.3 is 5.97 Å². The summed E-state index contributed by atoms with van der Waals surface area (Å²) < 4.78 is 4.83. The van der Waals surface area contributed by atoms with E-state index in [0.29, 0.717) is 5.92 Å². The molecule has 0 aromatic carbocycles. The third-order valence-corrected chi connectivity index (χ3v) is 3.88. The van der Waals surface area contributed by atoms with Crippen molar-refractivity contribution in [2.75, 3.05) is 20.2 Å². The minimum absolute atomic E-state index is 0.0106. The molecule has 1 N–H and O–H groups in total. The Balaban J connectivity index is 2.15. The predicted molar refractivity (Wildman–Crippen MR) is 69.8 cm³/mol. The monoisotopic (exact) mass is 241 g/mol. The fraction of sp³-hybridized carbons (Fsp3) is 0.929. The molecule has 1 atom stereocenters. The van der Waals surface area contributed by atoms with Crippen LogP contribution >= 0.6 is 0 Å². The molecule has 0 amide bonds. The molecule has 0 heterocycles. The van der Waals surface area contributed by atoms with Crippen molar-refractivity contribution in [2.24, 2.45) is 17.8 Å². The van der Waals surface area contributed by atoms with Gasteiger partial charge in [0.15, 0.2) is 0 Å². The Morgan fingerprint density at radius 2 is 2.00 bits per heavy atom. The molecule has 1 aliphatic rings. The molecule has 0 bridgehead atoms. The van der Waals surface area contributed by atoms with Crippen molar-refractivity contribution in [3.05, 3.63) is 0 Å². The third kappa shape index (κ3) is 5.07. The Bertz CT molecular complexity index is 222. The Morgan fingerprint density at radius 3 is 2.53 bits per heavy atom. The molecule has 0 radical (unpaired) electrons. The van der Waals surface area contributed by atoms with Crippen LogP contribution in [0.1, 0.15) is 46.0 Å². The number of nitrogens with one attached hydrogen (secondary N) is 1. The zero-order valence-corrected chi connectivity index (χ0v) is 11.5. The minimum atomic E-state index is -0.0895. The molecular weight excluding hydrogens is 214 g/mol. The molecule has 0 aliphatic heterocycles. The first-order valence-corrected chi connectivity index (χ1v) is 6.93. The van der Waals surface area contributed by atoms with Gasteiger partial charge in [-0.15, -0.1) is 0 Å². The van der Waals surface area contributed by atoms with E-state index in [9.17, 15) is 4.79 Å². The molecule has 1 saturated carbocycles. The van der Waals surface area contributed by atoms with Crippen LogP contribution in [0.25, 0.3) is 0 Å². The highest BCUT2D eigenvalue weighted by Gasteiger charge is 2.22. The molecule has 17 heavy (non-hydrogen) atoms. The van der Waals surface area contributed by atoms with Gasteiger partial charge in [0.2, 0.25) is 0 Å². The topological polar surface area (TPSA) is 38.3 Å². The first-order valence-electron chi connectivity index (χ1n) is 6.93. The van der Waals surface area contributed by atoms with Gasteiger partial charge in [-0.25, -0.2) is 0 Å². The number of methoxy groups -OCH3 is 1. The Hall–Kier alpha value is -0.570. The van der Waals surface area contributed by atoms with E-state index >= 15 is 0 Å². The molecule has 100 valence electrons. The maximum Gasteiger partial charge on any atom is 0.310 e. The lowest BCUT2D eigenvalue weighted by Gasteiger charge is -2.19. The van der Waals surface area contributed by atoms with Crippen LogP contribution in [0, 0.1) is 17.8 Å². The molecular formula is C14H27NO2. The van der Waals surface area contributed by atoms with Gasteiger partial charge < -0.3 is 10.1 Å². The lowest BCUT2D eigenvalue weighted by Crippen LogP contribution is -2.33. The van der Waals surface area contributed by atoms with Gasteiger partial charge in [-0.3, -0.25) is 4.79 Å². The van der Waals surface area contributed by atoms with Crippen LogP contribution in [0.4, 0.5) is 0 Å². The molecule has 0 saturated heterocycles. The molecule has 3 nitrogen and oxygen atoms in total. The van der Waals surface area contributed by atoms with Gasteiger partial charge in [0.1, 0.15) is 0 Å².